The van der Waals surface area contributed by atoms with Crippen molar-refractivity contribution in [2.75, 3.05) is 10.8 Å². The number of anilines is 1. The zero-order valence-corrected chi connectivity index (χ0v) is 28.5. The quantitative estimate of drug-likeness (QED) is 0.153. The van der Waals surface area contributed by atoms with Crippen LogP contribution in [-0.4, -0.2) is 43.8 Å². The normalized spacial score (nSPS) is 13.0. The molecule has 4 aromatic rings. The van der Waals surface area contributed by atoms with E-state index in [1.165, 1.54) is 41.3 Å². The predicted molar refractivity (Wildman–Crippen MR) is 181 cm³/mol. The Hall–Kier alpha value is -4.06. The first kappa shape index (κ1) is 36.8. The number of benzene rings is 4. The molecule has 2 amide bonds. The zero-order valence-electron chi connectivity index (χ0n) is 26.1. The molecule has 0 fully saturated rings. The summed E-state index contributed by atoms with van der Waals surface area (Å²) in [5, 5.41) is 3.45. The lowest BCUT2D eigenvalue weighted by atomic mass is 10.0. The van der Waals surface area contributed by atoms with Crippen LogP contribution in [-0.2, 0) is 38.8 Å². The maximum absolute atomic E-state index is 14.5. The number of sulfonamides is 1. The van der Waals surface area contributed by atoms with Crippen molar-refractivity contribution in [2.45, 2.75) is 56.4 Å². The number of alkyl halides is 3. The van der Waals surface area contributed by atoms with E-state index in [9.17, 15) is 31.2 Å². The number of halogens is 5. The molecule has 4 aromatic carbocycles. The SMILES string of the molecule is CC[C@H](C)NC(=O)[C@@H](Cc1ccccc1)N(Cc1ccc(Cl)cc1Cl)C(=O)CN(c1cccc(C(F)(F)F)c1)S(=O)(=O)c1ccccc1. The summed E-state index contributed by atoms with van der Waals surface area (Å²) < 4.78 is 70.0. The molecule has 0 radical (unpaired) electrons. The number of carbonyl (C=O) groups excluding carboxylic acids is 2. The van der Waals surface area contributed by atoms with Crippen molar-refractivity contribution >= 4 is 50.7 Å². The first-order valence-corrected chi connectivity index (χ1v) is 17.2. The molecule has 254 valence electrons. The molecule has 2 atom stereocenters. The minimum Gasteiger partial charge on any atom is -0.352 e. The van der Waals surface area contributed by atoms with E-state index < -0.39 is 46.2 Å². The second kappa shape index (κ2) is 15.9. The van der Waals surface area contributed by atoms with Gasteiger partial charge in [-0.2, -0.15) is 13.2 Å². The number of nitrogens with one attached hydrogen (secondary N) is 1. The molecule has 13 heteroatoms. The van der Waals surface area contributed by atoms with Crippen LogP contribution < -0.4 is 9.62 Å². The molecule has 0 heterocycles. The van der Waals surface area contributed by atoms with E-state index in [-0.39, 0.29) is 34.6 Å². The predicted octanol–water partition coefficient (Wildman–Crippen LogP) is 7.76. The van der Waals surface area contributed by atoms with Crippen molar-refractivity contribution in [3.05, 3.63) is 130 Å². The lowest BCUT2D eigenvalue weighted by molar-refractivity contribution is -0.140. The average Bonchev–Trinajstić information content (AvgIpc) is 3.06. The minimum atomic E-state index is -4.78. The molecule has 0 spiro atoms. The van der Waals surface area contributed by atoms with Crippen molar-refractivity contribution in [2.24, 2.45) is 0 Å². The first-order chi connectivity index (χ1) is 22.7. The fraction of sp³-hybridized carbons (Fsp3) is 0.257. The summed E-state index contributed by atoms with van der Waals surface area (Å²) in [6, 6.07) is 22.9. The molecule has 0 aromatic heterocycles. The van der Waals surface area contributed by atoms with Gasteiger partial charge in [-0.3, -0.25) is 13.9 Å². The van der Waals surface area contributed by atoms with Crippen LogP contribution in [0.3, 0.4) is 0 Å². The van der Waals surface area contributed by atoms with Gasteiger partial charge in [-0.15, -0.1) is 0 Å². The van der Waals surface area contributed by atoms with Crippen molar-refractivity contribution < 1.29 is 31.2 Å². The van der Waals surface area contributed by atoms with Crippen molar-refractivity contribution in [1.29, 1.82) is 0 Å². The average molecular weight is 721 g/mol. The Kier molecular flexibility index (Phi) is 12.2. The standard InChI is InChI=1S/C35H34Cl2F3N3O4S/c1-3-24(2)41-34(45)32(19-25-11-6-4-7-12-25)42(22-26-17-18-28(36)21-31(26)37)33(44)23-43(48(46,47)30-15-8-5-9-16-30)29-14-10-13-27(20-29)35(38,39)40/h4-18,20-21,24,32H,3,19,22-23H2,1-2H3,(H,41,45)/t24-,32+/m0/s1. The van der Waals surface area contributed by atoms with E-state index >= 15 is 0 Å². The highest BCUT2D eigenvalue weighted by molar-refractivity contribution is 7.92. The largest absolute Gasteiger partial charge is 0.416 e. The van der Waals surface area contributed by atoms with Crippen LogP contribution in [0.5, 0.6) is 0 Å². The Labute approximate surface area is 288 Å². The van der Waals surface area contributed by atoms with E-state index in [0.29, 0.717) is 32.9 Å². The third kappa shape index (κ3) is 9.30. The molecule has 4 rings (SSSR count). The highest BCUT2D eigenvalue weighted by Crippen LogP contribution is 2.34. The lowest BCUT2D eigenvalue weighted by Crippen LogP contribution is -2.54. The smallest absolute Gasteiger partial charge is 0.352 e. The van der Waals surface area contributed by atoms with Crippen LogP contribution in [0, 0.1) is 0 Å². The van der Waals surface area contributed by atoms with Crippen molar-refractivity contribution in [3.63, 3.8) is 0 Å². The van der Waals surface area contributed by atoms with Gasteiger partial charge in [-0.1, -0.05) is 90.8 Å². The van der Waals surface area contributed by atoms with Gasteiger partial charge in [0.05, 0.1) is 16.1 Å². The van der Waals surface area contributed by atoms with E-state index in [0.717, 1.165) is 12.1 Å². The number of nitrogens with zero attached hydrogens (tertiary/aromatic N) is 2. The number of rotatable bonds is 13. The minimum absolute atomic E-state index is 0.0506. The van der Waals surface area contributed by atoms with Crippen LogP contribution in [0.25, 0.3) is 0 Å². The summed E-state index contributed by atoms with van der Waals surface area (Å²) in [5.41, 5.74) is -0.343. The highest BCUT2D eigenvalue weighted by Gasteiger charge is 2.37. The lowest BCUT2D eigenvalue weighted by Gasteiger charge is -2.34. The van der Waals surface area contributed by atoms with Gasteiger partial charge in [0.25, 0.3) is 10.0 Å². The molecule has 7 nitrogen and oxygen atoms in total. The highest BCUT2D eigenvalue weighted by atomic mass is 35.5. The van der Waals surface area contributed by atoms with Crippen molar-refractivity contribution in [3.8, 4) is 0 Å². The topological polar surface area (TPSA) is 86.8 Å². The molecule has 0 aliphatic carbocycles. The third-order valence-electron chi connectivity index (χ3n) is 7.70. The van der Waals surface area contributed by atoms with Gasteiger partial charge in [-0.05, 0) is 66.9 Å². The molecule has 1 N–H and O–H groups in total. The summed E-state index contributed by atoms with van der Waals surface area (Å²) >= 11 is 12.6. The van der Waals surface area contributed by atoms with Crippen molar-refractivity contribution in [1.82, 2.24) is 10.2 Å². The molecule has 0 bridgehead atoms. The van der Waals surface area contributed by atoms with Gasteiger partial charge in [0.1, 0.15) is 12.6 Å². The molecule has 0 aliphatic heterocycles. The second-order valence-electron chi connectivity index (χ2n) is 11.2. The van der Waals surface area contributed by atoms with Crippen LogP contribution in [0.4, 0.5) is 18.9 Å². The summed E-state index contributed by atoms with van der Waals surface area (Å²) in [6.07, 6.45) is -4.14. The van der Waals surface area contributed by atoms with Gasteiger partial charge in [0, 0.05) is 29.1 Å². The molecule has 0 saturated heterocycles. The molecule has 0 unspecified atom stereocenters. The Morgan fingerprint density at radius 2 is 1.52 bits per heavy atom. The van der Waals surface area contributed by atoms with Gasteiger partial charge < -0.3 is 10.2 Å². The molecule has 0 aliphatic rings. The van der Waals surface area contributed by atoms with Crippen LogP contribution in [0.15, 0.2) is 108 Å². The Balaban J connectivity index is 1.86. The maximum atomic E-state index is 14.5. The molecular formula is C35H34Cl2F3N3O4S. The summed E-state index contributed by atoms with van der Waals surface area (Å²) in [4.78, 5) is 29.4. The van der Waals surface area contributed by atoms with E-state index in [1.807, 2.05) is 13.8 Å². The van der Waals surface area contributed by atoms with E-state index in [2.05, 4.69) is 5.32 Å². The number of amides is 2. The Morgan fingerprint density at radius 3 is 2.12 bits per heavy atom. The Bertz CT molecular complexity index is 1830. The summed E-state index contributed by atoms with van der Waals surface area (Å²) in [6.45, 7) is 2.53. The number of hydrogen-bond acceptors (Lipinski definition) is 4. The second-order valence-corrected chi connectivity index (χ2v) is 13.9. The zero-order chi connectivity index (χ0) is 35.1. The monoisotopic (exact) mass is 719 g/mol. The fourth-order valence-electron chi connectivity index (χ4n) is 4.91. The molecule has 48 heavy (non-hydrogen) atoms. The van der Waals surface area contributed by atoms with Gasteiger partial charge >= 0.3 is 6.18 Å². The summed E-state index contributed by atoms with van der Waals surface area (Å²) in [7, 11) is -4.58. The Morgan fingerprint density at radius 1 is 0.875 bits per heavy atom. The number of hydrogen-bond donors (Lipinski definition) is 1. The first-order valence-electron chi connectivity index (χ1n) is 15.0. The third-order valence-corrected chi connectivity index (χ3v) is 10.1. The molecule has 0 saturated carbocycles. The van der Waals surface area contributed by atoms with Gasteiger partial charge in [0.15, 0.2) is 0 Å². The number of carbonyl (C=O) groups is 2. The van der Waals surface area contributed by atoms with Crippen LogP contribution in [0.2, 0.25) is 10.0 Å². The maximum Gasteiger partial charge on any atom is 0.416 e. The summed E-state index contributed by atoms with van der Waals surface area (Å²) in [5.74, 6) is -1.35. The van der Waals surface area contributed by atoms with Crippen LogP contribution >= 0.6 is 23.2 Å². The van der Waals surface area contributed by atoms with E-state index in [1.54, 1.807) is 48.5 Å². The van der Waals surface area contributed by atoms with E-state index in [4.69, 9.17) is 23.2 Å². The fourth-order valence-corrected chi connectivity index (χ4v) is 6.81. The molecular weight excluding hydrogens is 686 g/mol. The van der Waals surface area contributed by atoms with Crippen LogP contribution in [0.1, 0.15) is 37.0 Å². The van der Waals surface area contributed by atoms with Gasteiger partial charge in [0.2, 0.25) is 11.8 Å². The van der Waals surface area contributed by atoms with Gasteiger partial charge in [-0.25, -0.2) is 8.42 Å².